The summed E-state index contributed by atoms with van der Waals surface area (Å²) in [5.41, 5.74) is 2.97. The number of rotatable bonds is 6. The second-order valence-electron chi connectivity index (χ2n) is 5.88. The van der Waals surface area contributed by atoms with Crippen molar-refractivity contribution >= 4 is 39.3 Å². The molecule has 0 saturated carbocycles. The van der Waals surface area contributed by atoms with E-state index in [1.807, 2.05) is 56.3 Å². The zero-order chi connectivity index (χ0) is 19.2. The van der Waals surface area contributed by atoms with Gasteiger partial charge in [0.1, 0.15) is 5.75 Å². The number of ether oxygens (including phenoxy) is 1. The summed E-state index contributed by atoms with van der Waals surface area (Å²) in [5.74, 6) is 1.16. The fraction of sp³-hybridized carbons (Fsp3) is 0.150. The van der Waals surface area contributed by atoms with Gasteiger partial charge in [-0.15, -0.1) is 0 Å². The van der Waals surface area contributed by atoms with Crippen molar-refractivity contribution in [1.29, 1.82) is 0 Å². The number of aryl methyl sites for hydroxylation is 2. The van der Waals surface area contributed by atoms with Gasteiger partial charge in [-0.1, -0.05) is 45.4 Å². The van der Waals surface area contributed by atoms with E-state index in [0.29, 0.717) is 16.7 Å². The Bertz CT molecular complexity index is 948. The highest BCUT2D eigenvalue weighted by Gasteiger charge is 2.12. The molecule has 0 spiro atoms. The molecule has 0 fully saturated rings. The van der Waals surface area contributed by atoms with Gasteiger partial charge in [-0.05, 0) is 49.7 Å². The van der Waals surface area contributed by atoms with Crippen LogP contribution in [0.1, 0.15) is 11.1 Å². The third-order valence-corrected chi connectivity index (χ3v) is 5.50. The minimum Gasteiger partial charge on any atom is -0.437 e. The third kappa shape index (κ3) is 5.55. The molecule has 7 heteroatoms. The zero-order valence-corrected chi connectivity index (χ0v) is 17.3. The number of aromatic nitrogens is 2. The first-order chi connectivity index (χ1) is 13.0. The molecule has 27 heavy (non-hydrogen) atoms. The topological polar surface area (TPSA) is 64.1 Å². The van der Waals surface area contributed by atoms with Crippen LogP contribution >= 0.6 is 27.7 Å². The van der Waals surface area contributed by atoms with Gasteiger partial charge in [0, 0.05) is 22.6 Å². The summed E-state index contributed by atoms with van der Waals surface area (Å²) in [7, 11) is 0. The van der Waals surface area contributed by atoms with Crippen molar-refractivity contribution < 1.29 is 9.53 Å². The molecule has 0 bridgehead atoms. The van der Waals surface area contributed by atoms with Crippen molar-refractivity contribution in [2.24, 2.45) is 0 Å². The Kier molecular flexibility index (Phi) is 6.47. The SMILES string of the molecule is Cc1ccc(Oc2nccnc2SCC(=O)Nc2ccc(Br)c(C)c2)cc1. The van der Waals surface area contributed by atoms with Crippen molar-refractivity contribution in [1.82, 2.24) is 9.97 Å². The van der Waals surface area contributed by atoms with Crippen LogP contribution < -0.4 is 10.1 Å². The molecule has 0 saturated heterocycles. The molecule has 1 heterocycles. The number of benzene rings is 2. The summed E-state index contributed by atoms with van der Waals surface area (Å²) in [6, 6.07) is 13.4. The van der Waals surface area contributed by atoms with Gasteiger partial charge in [0.25, 0.3) is 5.88 Å². The first-order valence-corrected chi connectivity index (χ1v) is 10.0. The monoisotopic (exact) mass is 443 g/mol. The summed E-state index contributed by atoms with van der Waals surface area (Å²) < 4.78 is 6.82. The Labute approximate surface area is 170 Å². The molecule has 0 atom stereocenters. The smallest absolute Gasteiger partial charge is 0.252 e. The maximum atomic E-state index is 12.3. The lowest BCUT2D eigenvalue weighted by Crippen LogP contribution is -2.14. The molecular weight excluding hydrogens is 426 g/mol. The van der Waals surface area contributed by atoms with E-state index in [9.17, 15) is 4.79 Å². The molecule has 3 aromatic rings. The normalized spacial score (nSPS) is 10.5. The van der Waals surface area contributed by atoms with Gasteiger partial charge in [0.2, 0.25) is 5.91 Å². The summed E-state index contributed by atoms with van der Waals surface area (Å²) in [4.78, 5) is 20.8. The van der Waals surface area contributed by atoms with Crippen molar-refractivity contribution in [3.8, 4) is 11.6 Å². The van der Waals surface area contributed by atoms with E-state index in [1.165, 1.54) is 11.8 Å². The van der Waals surface area contributed by atoms with Crippen LogP contribution in [-0.4, -0.2) is 21.6 Å². The van der Waals surface area contributed by atoms with E-state index < -0.39 is 0 Å². The molecule has 0 aliphatic rings. The highest BCUT2D eigenvalue weighted by Crippen LogP contribution is 2.29. The Balaban J connectivity index is 1.62. The Morgan fingerprint density at radius 1 is 1.11 bits per heavy atom. The van der Waals surface area contributed by atoms with Crippen LogP contribution in [-0.2, 0) is 4.79 Å². The number of carbonyl (C=O) groups is 1. The first kappa shape index (κ1) is 19.4. The lowest BCUT2D eigenvalue weighted by Gasteiger charge is -2.09. The number of hydrogen-bond acceptors (Lipinski definition) is 5. The molecule has 1 amide bonds. The number of anilines is 1. The van der Waals surface area contributed by atoms with E-state index in [0.717, 1.165) is 21.3 Å². The quantitative estimate of drug-likeness (QED) is 0.518. The molecule has 2 aromatic carbocycles. The summed E-state index contributed by atoms with van der Waals surface area (Å²) >= 11 is 4.73. The molecule has 1 aromatic heterocycles. The van der Waals surface area contributed by atoms with Crippen molar-refractivity contribution in [2.45, 2.75) is 18.9 Å². The van der Waals surface area contributed by atoms with E-state index >= 15 is 0 Å². The standard InChI is InChI=1S/C20H18BrN3O2S/c1-13-3-6-16(7-4-13)26-19-20(23-10-9-22-19)27-12-18(25)24-15-5-8-17(21)14(2)11-15/h3-11H,12H2,1-2H3,(H,24,25). The summed E-state index contributed by atoms with van der Waals surface area (Å²) in [5, 5.41) is 3.46. The number of hydrogen-bond donors (Lipinski definition) is 1. The van der Waals surface area contributed by atoms with Crippen molar-refractivity contribution in [3.05, 3.63) is 70.5 Å². The molecule has 3 rings (SSSR count). The second-order valence-corrected chi connectivity index (χ2v) is 7.70. The molecule has 0 radical (unpaired) electrons. The van der Waals surface area contributed by atoms with Crippen molar-refractivity contribution in [2.75, 3.05) is 11.1 Å². The minimum atomic E-state index is -0.117. The number of nitrogens with zero attached hydrogens (tertiary/aromatic N) is 2. The fourth-order valence-electron chi connectivity index (χ4n) is 2.25. The number of halogens is 1. The molecule has 0 aliphatic heterocycles. The van der Waals surface area contributed by atoms with Crippen LogP contribution in [0.2, 0.25) is 0 Å². The molecule has 138 valence electrons. The second kappa shape index (κ2) is 9.01. The van der Waals surface area contributed by atoms with Crippen LogP contribution in [0.3, 0.4) is 0 Å². The van der Waals surface area contributed by atoms with Gasteiger partial charge >= 0.3 is 0 Å². The van der Waals surface area contributed by atoms with E-state index in [4.69, 9.17) is 4.74 Å². The summed E-state index contributed by atoms with van der Waals surface area (Å²) in [6.07, 6.45) is 3.15. The van der Waals surface area contributed by atoms with Gasteiger partial charge in [0.05, 0.1) is 5.75 Å². The third-order valence-electron chi connectivity index (χ3n) is 3.65. The summed E-state index contributed by atoms with van der Waals surface area (Å²) in [6.45, 7) is 3.99. The Hall–Kier alpha value is -2.38. The predicted octanol–water partition coefficient (Wildman–Crippen LogP) is 5.38. The van der Waals surface area contributed by atoms with E-state index in [1.54, 1.807) is 12.4 Å². The Morgan fingerprint density at radius 2 is 1.85 bits per heavy atom. The zero-order valence-electron chi connectivity index (χ0n) is 14.9. The van der Waals surface area contributed by atoms with Gasteiger partial charge in [0.15, 0.2) is 5.03 Å². The fourth-order valence-corrected chi connectivity index (χ4v) is 3.19. The van der Waals surface area contributed by atoms with E-state index in [2.05, 4.69) is 31.2 Å². The van der Waals surface area contributed by atoms with Gasteiger partial charge < -0.3 is 10.1 Å². The Morgan fingerprint density at radius 3 is 2.59 bits per heavy atom. The lowest BCUT2D eigenvalue weighted by atomic mass is 10.2. The largest absolute Gasteiger partial charge is 0.437 e. The highest BCUT2D eigenvalue weighted by atomic mass is 79.9. The highest BCUT2D eigenvalue weighted by molar-refractivity contribution is 9.10. The van der Waals surface area contributed by atoms with Crippen LogP contribution in [0.4, 0.5) is 5.69 Å². The van der Waals surface area contributed by atoms with Crippen molar-refractivity contribution in [3.63, 3.8) is 0 Å². The molecule has 5 nitrogen and oxygen atoms in total. The van der Waals surface area contributed by atoms with Gasteiger partial charge in [-0.25, -0.2) is 9.97 Å². The van der Waals surface area contributed by atoms with Gasteiger partial charge in [-0.2, -0.15) is 0 Å². The molecule has 0 unspecified atom stereocenters. The number of nitrogens with one attached hydrogen (secondary N) is 1. The number of amides is 1. The van der Waals surface area contributed by atoms with E-state index in [-0.39, 0.29) is 11.7 Å². The minimum absolute atomic E-state index is 0.117. The number of carbonyl (C=O) groups excluding carboxylic acids is 1. The molecule has 0 aliphatic carbocycles. The molecular formula is C20H18BrN3O2S. The van der Waals surface area contributed by atoms with Crippen LogP contribution in [0, 0.1) is 13.8 Å². The predicted molar refractivity (Wildman–Crippen MR) is 112 cm³/mol. The van der Waals surface area contributed by atoms with Gasteiger partial charge in [-0.3, -0.25) is 4.79 Å². The van der Waals surface area contributed by atoms with Crippen LogP contribution in [0.5, 0.6) is 11.6 Å². The van der Waals surface area contributed by atoms with Crippen LogP contribution in [0.25, 0.3) is 0 Å². The maximum absolute atomic E-state index is 12.3. The number of thioether (sulfide) groups is 1. The first-order valence-electron chi connectivity index (χ1n) is 8.25. The average molecular weight is 444 g/mol. The lowest BCUT2D eigenvalue weighted by molar-refractivity contribution is -0.113. The maximum Gasteiger partial charge on any atom is 0.252 e. The average Bonchev–Trinajstić information content (AvgIpc) is 2.66. The van der Waals surface area contributed by atoms with Crippen LogP contribution in [0.15, 0.2) is 64.4 Å². The molecule has 1 N–H and O–H groups in total.